The maximum atomic E-state index is 5.47. The van der Waals surface area contributed by atoms with Gasteiger partial charge in [-0.3, -0.25) is 0 Å². The molecule has 6 heteroatoms. The van der Waals surface area contributed by atoms with E-state index in [1.165, 1.54) is 0 Å². The molecule has 0 bridgehead atoms. The Bertz CT molecular complexity index is 451. The summed E-state index contributed by atoms with van der Waals surface area (Å²) >= 11 is 0. The number of aromatic nitrogens is 4. The summed E-state index contributed by atoms with van der Waals surface area (Å²) < 4.78 is 7.06. The van der Waals surface area contributed by atoms with Crippen molar-refractivity contribution >= 4 is 11.3 Å². The average Bonchev–Trinajstić information content (AvgIpc) is 2.65. The summed E-state index contributed by atoms with van der Waals surface area (Å²) in [5, 5.41) is 14.9. The van der Waals surface area contributed by atoms with E-state index in [-0.39, 0.29) is 0 Å². The van der Waals surface area contributed by atoms with Crippen molar-refractivity contribution in [2.24, 2.45) is 0 Å². The van der Waals surface area contributed by atoms with Crippen LogP contribution in [0.3, 0.4) is 0 Å². The zero-order valence-corrected chi connectivity index (χ0v) is 6.77. The monoisotopic (exact) mass is 177 g/mol. The van der Waals surface area contributed by atoms with Crippen LogP contribution in [0.1, 0.15) is 0 Å². The van der Waals surface area contributed by atoms with Crippen molar-refractivity contribution in [1.29, 1.82) is 0 Å². The van der Waals surface area contributed by atoms with E-state index in [0.29, 0.717) is 12.3 Å². The van der Waals surface area contributed by atoms with Gasteiger partial charge in [-0.1, -0.05) is 0 Å². The van der Waals surface area contributed by atoms with Crippen LogP contribution in [0.5, 0.6) is 5.75 Å². The normalized spacial score (nSPS) is 14.8. The Kier molecular flexibility index (Phi) is 1.18. The highest BCUT2D eigenvalue weighted by Crippen LogP contribution is 2.28. The topological polar surface area (TPSA) is 64.3 Å². The van der Waals surface area contributed by atoms with Crippen LogP contribution in [0, 0.1) is 0 Å². The highest BCUT2D eigenvalue weighted by atomic mass is 16.5. The van der Waals surface area contributed by atoms with E-state index in [4.69, 9.17) is 4.74 Å². The number of ether oxygens (including phenoxy) is 1. The van der Waals surface area contributed by atoms with Crippen LogP contribution in [0.4, 0.5) is 5.69 Å². The molecule has 0 radical (unpaired) electrons. The predicted octanol–water partition coefficient (Wildman–Crippen LogP) is -0.0714. The summed E-state index contributed by atoms with van der Waals surface area (Å²) in [5.74, 6) is 0.735. The van der Waals surface area contributed by atoms with Gasteiger partial charge in [0.05, 0.1) is 6.20 Å². The average molecular weight is 177 g/mol. The molecule has 1 aliphatic rings. The molecule has 2 aromatic rings. The molecule has 6 nitrogen and oxygen atoms in total. The number of rotatable bonds is 0. The van der Waals surface area contributed by atoms with Crippen molar-refractivity contribution in [3.05, 3.63) is 12.5 Å². The van der Waals surface area contributed by atoms with E-state index in [1.807, 2.05) is 0 Å². The number of hydrogen-bond donors (Lipinski definition) is 1. The predicted molar refractivity (Wildman–Crippen MR) is 44.8 cm³/mol. The van der Waals surface area contributed by atoms with Crippen LogP contribution >= 0.6 is 0 Å². The molecule has 1 aliphatic heterocycles. The molecule has 0 aliphatic carbocycles. The van der Waals surface area contributed by atoms with Gasteiger partial charge in [0.25, 0.3) is 0 Å². The Labute approximate surface area is 73.5 Å². The SMILES string of the molecule is c1nn2cnnc2c2c1NCCO2. The number of nitrogens with zero attached hydrogens (tertiary/aromatic N) is 4. The van der Waals surface area contributed by atoms with Crippen LogP contribution in [0.25, 0.3) is 5.65 Å². The van der Waals surface area contributed by atoms with Crippen LogP contribution in [-0.4, -0.2) is 33.0 Å². The molecule has 0 unspecified atom stereocenters. The van der Waals surface area contributed by atoms with Crippen molar-refractivity contribution in [2.75, 3.05) is 18.5 Å². The van der Waals surface area contributed by atoms with Crippen molar-refractivity contribution in [3.63, 3.8) is 0 Å². The zero-order chi connectivity index (χ0) is 8.67. The third-order valence-electron chi connectivity index (χ3n) is 1.95. The Morgan fingerprint density at radius 1 is 1.54 bits per heavy atom. The van der Waals surface area contributed by atoms with Gasteiger partial charge in [0.15, 0.2) is 5.75 Å². The van der Waals surface area contributed by atoms with Gasteiger partial charge in [-0.05, 0) is 0 Å². The van der Waals surface area contributed by atoms with E-state index in [9.17, 15) is 0 Å². The molecule has 0 amide bonds. The van der Waals surface area contributed by atoms with E-state index in [0.717, 1.165) is 18.0 Å². The summed E-state index contributed by atoms with van der Waals surface area (Å²) in [6.45, 7) is 1.46. The minimum Gasteiger partial charge on any atom is -0.486 e. The van der Waals surface area contributed by atoms with Crippen molar-refractivity contribution in [1.82, 2.24) is 19.8 Å². The lowest BCUT2D eigenvalue weighted by atomic mass is 10.3. The molecule has 0 atom stereocenters. The highest BCUT2D eigenvalue weighted by molar-refractivity contribution is 5.68. The molecule has 0 aromatic carbocycles. The number of fused-ring (bicyclic) bond motifs is 3. The lowest BCUT2D eigenvalue weighted by molar-refractivity contribution is 0.324. The summed E-state index contributed by atoms with van der Waals surface area (Å²) in [6.07, 6.45) is 3.26. The quantitative estimate of drug-likeness (QED) is 0.610. The summed E-state index contributed by atoms with van der Waals surface area (Å²) in [4.78, 5) is 0. The van der Waals surface area contributed by atoms with Gasteiger partial charge < -0.3 is 10.1 Å². The minimum atomic E-state index is 0.652. The number of anilines is 1. The lowest BCUT2D eigenvalue weighted by Crippen LogP contribution is -2.19. The maximum Gasteiger partial charge on any atom is 0.221 e. The molecule has 0 fully saturated rings. The van der Waals surface area contributed by atoms with Crippen molar-refractivity contribution in [2.45, 2.75) is 0 Å². The Morgan fingerprint density at radius 3 is 3.54 bits per heavy atom. The van der Waals surface area contributed by atoms with Crippen LogP contribution in [0.2, 0.25) is 0 Å². The van der Waals surface area contributed by atoms with Crippen LogP contribution < -0.4 is 10.1 Å². The maximum absolute atomic E-state index is 5.47. The fraction of sp³-hybridized carbons (Fsp3) is 0.286. The molecular weight excluding hydrogens is 170 g/mol. The second-order valence-electron chi connectivity index (χ2n) is 2.76. The highest BCUT2D eigenvalue weighted by Gasteiger charge is 2.15. The Morgan fingerprint density at radius 2 is 2.54 bits per heavy atom. The van der Waals surface area contributed by atoms with E-state index in [2.05, 4.69) is 20.6 Å². The Balaban J connectivity index is 2.34. The number of hydrogen-bond acceptors (Lipinski definition) is 5. The summed E-state index contributed by atoms with van der Waals surface area (Å²) in [6, 6.07) is 0. The largest absolute Gasteiger partial charge is 0.486 e. The molecule has 66 valence electrons. The Hall–Kier alpha value is -1.85. The smallest absolute Gasteiger partial charge is 0.221 e. The van der Waals surface area contributed by atoms with Gasteiger partial charge in [0.2, 0.25) is 5.65 Å². The minimum absolute atomic E-state index is 0.652. The van der Waals surface area contributed by atoms with Crippen LogP contribution in [0.15, 0.2) is 12.5 Å². The van der Waals surface area contributed by atoms with Gasteiger partial charge in [-0.25, -0.2) is 0 Å². The molecule has 2 aromatic heterocycles. The third kappa shape index (κ3) is 0.851. The van der Waals surface area contributed by atoms with Crippen LogP contribution in [-0.2, 0) is 0 Å². The van der Waals surface area contributed by atoms with Gasteiger partial charge in [-0.15, -0.1) is 10.2 Å². The molecular formula is C7H7N5O. The second-order valence-corrected chi connectivity index (χ2v) is 2.76. The molecule has 0 spiro atoms. The van der Waals surface area contributed by atoms with Gasteiger partial charge in [-0.2, -0.15) is 9.61 Å². The van der Waals surface area contributed by atoms with Gasteiger partial charge in [0.1, 0.15) is 18.6 Å². The zero-order valence-electron chi connectivity index (χ0n) is 6.77. The summed E-state index contributed by atoms with van der Waals surface area (Å²) in [7, 11) is 0. The van der Waals surface area contributed by atoms with Gasteiger partial charge in [0, 0.05) is 6.54 Å². The van der Waals surface area contributed by atoms with E-state index in [1.54, 1.807) is 17.0 Å². The molecule has 3 rings (SSSR count). The first-order chi connectivity index (χ1) is 6.45. The van der Waals surface area contributed by atoms with E-state index >= 15 is 0 Å². The first kappa shape index (κ1) is 6.64. The van der Waals surface area contributed by atoms with Crippen molar-refractivity contribution < 1.29 is 4.74 Å². The molecule has 1 N–H and O–H groups in total. The first-order valence-corrected chi connectivity index (χ1v) is 4.01. The number of nitrogens with one attached hydrogen (secondary N) is 1. The van der Waals surface area contributed by atoms with Gasteiger partial charge >= 0.3 is 0 Å². The fourth-order valence-corrected chi connectivity index (χ4v) is 1.37. The molecule has 3 heterocycles. The lowest BCUT2D eigenvalue weighted by Gasteiger charge is -2.17. The summed E-state index contributed by atoms with van der Waals surface area (Å²) in [5.41, 5.74) is 1.54. The molecule has 13 heavy (non-hydrogen) atoms. The molecule has 0 saturated heterocycles. The molecule has 0 saturated carbocycles. The van der Waals surface area contributed by atoms with Crippen molar-refractivity contribution in [3.8, 4) is 5.75 Å². The van der Waals surface area contributed by atoms with E-state index < -0.39 is 0 Å². The third-order valence-corrected chi connectivity index (χ3v) is 1.95. The first-order valence-electron chi connectivity index (χ1n) is 4.01. The fourth-order valence-electron chi connectivity index (χ4n) is 1.37. The standard InChI is InChI=1S/C7H7N5O/c1-2-13-6-5(8-1)3-10-12-4-9-11-7(6)12/h3-4,8H,1-2H2. The second kappa shape index (κ2) is 2.32.